The zero-order valence-corrected chi connectivity index (χ0v) is 8.57. The Kier molecular flexibility index (Phi) is 2.73. The van der Waals surface area contributed by atoms with E-state index < -0.39 is 5.97 Å². The van der Waals surface area contributed by atoms with Crippen molar-refractivity contribution in [3.63, 3.8) is 0 Å². The minimum absolute atomic E-state index is 0.0650. The third-order valence-corrected chi connectivity index (χ3v) is 2.51. The maximum Gasteiger partial charge on any atom is 0.310 e. The monoisotopic (exact) mass is 220 g/mol. The SMILES string of the molecule is O=C(O)Cc1nc(-c2ccccc2)ns1. The van der Waals surface area contributed by atoms with E-state index in [1.165, 1.54) is 0 Å². The lowest BCUT2D eigenvalue weighted by molar-refractivity contribution is -0.136. The van der Waals surface area contributed by atoms with Gasteiger partial charge in [-0.25, -0.2) is 4.98 Å². The summed E-state index contributed by atoms with van der Waals surface area (Å²) in [4.78, 5) is 14.6. The van der Waals surface area contributed by atoms with Gasteiger partial charge in [-0.3, -0.25) is 4.79 Å². The molecular formula is C10H8N2O2S. The summed E-state index contributed by atoms with van der Waals surface area (Å²) >= 11 is 1.13. The van der Waals surface area contributed by atoms with Gasteiger partial charge >= 0.3 is 5.97 Å². The second-order valence-corrected chi connectivity index (χ2v) is 3.78. The lowest BCUT2D eigenvalue weighted by Crippen LogP contribution is -1.99. The number of nitrogens with zero attached hydrogens (tertiary/aromatic N) is 2. The van der Waals surface area contributed by atoms with Gasteiger partial charge in [0.1, 0.15) is 5.01 Å². The standard InChI is InChI=1S/C10H8N2O2S/c13-9(14)6-8-11-10(12-15-8)7-4-2-1-3-5-7/h1-5H,6H2,(H,13,14). The Morgan fingerprint density at radius 1 is 1.33 bits per heavy atom. The summed E-state index contributed by atoms with van der Waals surface area (Å²) in [7, 11) is 0. The zero-order valence-electron chi connectivity index (χ0n) is 7.75. The summed E-state index contributed by atoms with van der Waals surface area (Å²) in [5.74, 6) is -0.289. The number of aliphatic carboxylic acids is 1. The van der Waals surface area contributed by atoms with Crippen LogP contribution in [0.5, 0.6) is 0 Å². The van der Waals surface area contributed by atoms with Crippen molar-refractivity contribution in [2.24, 2.45) is 0 Å². The summed E-state index contributed by atoms with van der Waals surface area (Å²) in [6.45, 7) is 0. The zero-order chi connectivity index (χ0) is 10.7. The molecule has 0 bridgehead atoms. The van der Waals surface area contributed by atoms with Crippen molar-refractivity contribution in [1.82, 2.24) is 9.36 Å². The second-order valence-electron chi connectivity index (χ2n) is 2.95. The molecule has 0 spiro atoms. The molecule has 0 fully saturated rings. The number of carboxylic acids is 1. The van der Waals surface area contributed by atoms with E-state index in [0.29, 0.717) is 10.8 Å². The molecule has 0 aliphatic rings. The predicted octanol–water partition coefficient (Wildman–Crippen LogP) is 1.83. The number of carboxylic acid groups (broad SMARTS) is 1. The van der Waals surface area contributed by atoms with Gasteiger partial charge in [0.15, 0.2) is 5.82 Å². The summed E-state index contributed by atoms with van der Waals surface area (Å²) in [5.41, 5.74) is 0.908. The molecule has 1 aromatic carbocycles. The molecule has 2 aromatic rings. The van der Waals surface area contributed by atoms with Crippen LogP contribution >= 0.6 is 11.5 Å². The maximum atomic E-state index is 10.5. The molecule has 76 valence electrons. The molecular weight excluding hydrogens is 212 g/mol. The fourth-order valence-corrected chi connectivity index (χ4v) is 1.81. The minimum atomic E-state index is -0.884. The van der Waals surface area contributed by atoms with E-state index in [2.05, 4.69) is 9.36 Å². The summed E-state index contributed by atoms with van der Waals surface area (Å²) in [6, 6.07) is 9.49. The number of carbonyl (C=O) groups is 1. The molecule has 4 nitrogen and oxygen atoms in total. The van der Waals surface area contributed by atoms with Gasteiger partial charge in [0.25, 0.3) is 0 Å². The number of aromatic nitrogens is 2. The van der Waals surface area contributed by atoms with E-state index in [-0.39, 0.29) is 6.42 Å². The first-order valence-electron chi connectivity index (χ1n) is 4.35. The van der Waals surface area contributed by atoms with Gasteiger partial charge in [-0.15, -0.1) is 0 Å². The van der Waals surface area contributed by atoms with Gasteiger partial charge in [0.2, 0.25) is 0 Å². The third-order valence-electron chi connectivity index (χ3n) is 1.80. The molecule has 0 aliphatic heterocycles. The second kappa shape index (κ2) is 4.18. The first-order chi connectivity index (χ1) is 7.25. The molecule has 0 aliphatic carbocycles. The molecule has 0 amide bonds. The molecule has 0 saturated carbocycles. The Bertz CT molecular complexity index is 467. The Morgan fingerprint density at radius 3 is 2.73 bits per heavy atom. The third kappa shape index (κ3) is 2.38. The topological polar surface area (TPSA) is 63.1 Å². The number of hydrogen-bond donors (Lipinski definition) is 1. The van der Waals surface area contributed by atoms with Crippen molar-refractivity contribution in [3.05, 3.63) is 35.3 Å². The van der Waals surface area contributed by atoms with E-state index in [0.717, 1.165) is 17.1 Å². The van der Waals surface area contributed by atoms with Crippen LogP contribution in [-0.4, -0.2) is 20.4 Å². The van der Waals surface area contributed by atoms with Crippen LogP contribution < -0.4 is 0 Å². The van der Waals surface area contributed by atoms with Crippen LogP contribution in [0.2, 0.25) is 0 Å². The summed E-state index contributed by atoms with van der Waals surface area (Å²) in [6.07, 6.45) is -0.0650. The van der Waals surface area contributed by atoms with Crippen LogP contribution in [0.25, 0.3) is 11.4 Å². The van der Waals surface area contributed by atoms with E-state index in [4.69, 9.17) is 5.11 Å². The fourth-order valence-electron chi connectivity index (χ4n) is 1.16. The molecule has 0 unspecified atom stereocenters. The van der Waals surface area contributed by atoms with Crippen molar-refractivity contribution < 1.29 is 9.90 Å². The highest BCUT2D eigenvalue weighted by Crippen LogP contribution is 2.17. The lowest BCUT2D eigenvalue weighted by Gasteiger charge is -1.91. The molecule has 1 aromatic heterocycles. The normalized spacial score (nSPS) is 10.1. The Balaban J connectivity index is 2.24. The summed E-state index contributed by atoms with van der Waals surface area (Å²) < 4.78 is 4.11. The molecule has 0 radical (unpaired) electrons. The van der Waals surface area contributed by atoms with Crippen LogP contribution in [-0.2, 0) is 11.2 Å². The molecule has 1 N–H and O–H groups in total. The van der Waals surface area contributed by atoms with Gasteiger partial charge < -0.3 is 5.11 Å². The fraction of sp³-hybridized carbons (Fsp3) is 0.100. The van der Waals surface area contributed by atoms with E-state index >= 15 is 0 Å². The van der Waals surface area contributed by atoms with Crippen molar-refractivity contribution in [3.8, 4) is 11.4 Å². The average Bonchev–Trinajstić information content (AvgIpc) is 2.67. The van der Waals surface area contributed by atoms with E-state index in [1.807, 2.05) is 30.3 Å². The highest BCUT2D eigenvalue weighted by molar-refractivity contribution is 7.05. The Morgan fingerprint density at radius 2 is 2.07 bits per heavy atom. The van der Waals surface area contributed by atoms with Crippen LogP contribution in [0.3, 0.4) is 0 Å². The molecule has 15 heavy (non-hydrogen) atoms. The maximum absolute atomic E-state index is 10.5. The molecule has 5 heteroatoms. The molecule has 2 rings (SSSR count). The predicted molar refractivity (Wildman–Crippen MR) is 56.7 cm³/mol. The average molecular weight is 220 g/mol. The largest absolute Gasteiger partial charge is 0.481 e. The first kappa shape index (κ1) is 9.79. The highest BCUT2D eigenvalue weighted by atomic mass is 32.1. The van der Waals surface area contributed by atoms with Crippen molar-refractivity contribution in [2.75, 3.05) is 0 Å². The molecule has 0 atom stereocenters. The number of benzene rings is 1. The van der Waals surface area contributed by atoms with Crippen LogP contribution in [0, 0.1) is 0 Å². The van der Waals surface area contributed by atoms with Gasteiger partial charge in [0.05, 0.1) is 6.42 Å². The lowest BCUT2D eigenvalue weighted by atomic mass is 10.2. The van der Waals surface area contributed by atoms with Gasteiger partial charge in [0, 0.05) is 5.56 Å². The number of rotatable bonds is 3. The Hall–Kier alpha value is -1.75. The van der Waals surface area contributed by atoms with Crippen molar-refractivity contribution in [2.45, 2.75) is 6.42 Å². The minimum Gasteiger partial charge on any atom is -0.481 e. The highest BCUT2D eigenvalue weighted by Gasteiger charge is 2.08. The summed E-state index contributed by atoms with van der Waals surface area (Å²) in [5, 5.41) is 9.11. The number of hydrogen-bond acceptors (Lipinski definition) is 4. The van der Waals surface area contributed by atoms with Crippen molar-refractivity contribution in [1.29, 1.82) is 0 Å². The van der Waals surface area contributed by atoms with Crippen LogP contribution in [0.15, 0.2) is 30.3 Å². The molecule has 0 saturated heterocycles. The van der Waals surface area contributed by atoms with Gasteiger partial charge in [-0.2, -0.15) is 4.37 Å². The van der Waals surface area contributed by atoms with Crippen LogP contribution in [0.1, 0.15) is 5.01 Å². The van der Waals surface area contributed by atoms with Gasteiger partial charge in [-0.05, 0) is 11.5 Å². The van der Waals surface area contributed by atoms with E-state index in [1.54, 1.807) is 0 Å². The molecule has 1 heterocycles. The smallest absolute Gasteiger partial charge is 0.310 e. The quantitative estimate of drug-likeness (QED) is 0.857. The van der Waals surface area contributed by atoms with E-state index in [9.17, 15) is 4.79 Å². The Labute approximate surface area is 90.4 Å². The first-order valence-corrected chi connectivity index (χ1v) is 5.13. The van der Waals surface area contributed by atoms with Gasteiger partial charge in [-0.1, -0.05) is 30.3 Å². The van der Waals surface area contributed by atoms with Crippen LogP contribution in [0.4, 0.5) is 0 Å². The van der Waals surface area contributed by atoms with Crippen molar-refractivity contribution >= 4 is 17.5 Å².